The summed E-state index contributed by atoms with van der Waals surface area (Å²) in [6.07, 6.45) is 2.71. The van der Waals surface area contributed by atoms with Crippen molar-refractivity contribution in [3.8, 4) is 0 Å². The minimum atomic E-state index is -0.343. The second-order valence-corrected chi connectivity index (χ2v) is 5.73. The Morgan fingerprint density at radius 1 is 1.53 bits per heavy atom. The van der Waals surface area contributed by atoms with Gasteiger partial charge in [-0.15, -0.1) is 11.3 Å². The lowest BCUT2D eigenvalue weighted by atomic mass is 10.2. The van der Waals surface area contributed by atoms with Crippen molar-refractivity contribution in [2.75, 3.05) is 6.54 Å². The molecule has 0 aliphatic rings. The molecule has 1 atom stereocenters. The molecular formula is C13H21NO2S. The van der Waals surface area contributed by atoms with Gasteiger partial charge in [0.1, 0.15) is 0 Å². The molecule has 1 amide bonds. The van der Waals surface area contributed by atoms with Crippen LogP contribution in [0, 0.1) is 6.92 Å². The molecule has 17 heavy (non-hydrogen) atoms. The Morgan fingerprint density at radius 3 is 2.88 bits per heavy atom. The van der Waals surface area contributed by atoms with Gasteiger partial charge in [-0.25, -0.2) is 0 Å². The van der Waals surface area contributed by atoms with Crippen LogP contribution in [0.5, 0.6) is 0 Å². The first-order chi connectivity index (χ1) is 8.08. The van der Waals surface area contributed by atoms with E-state index in [0.717, 1.165) is 12.8 Å². The molecular weight excluding hydrogens is 234 g/mol. The Morgan fingerprint density at radius 2 is 2.29 bits per heavy atom. The van der Waals surface area contributed by atoms with E-state index in [-0.39, 0.29) is 12.0 Å². The highest BCUT2D eigenvalue weighted by Gasteiger charge is 2.03. The molecule has 3 nitrogen and oxygen atoms in total. The van der Waals surface area contributed by atoms with Crippen LogP contribution >= 0.6 is 11.3 Å². The quantitative estimate of drug-likeness (QED) is 0.785. The highest BCUT2D eigenvalue weighted by Crippen LogP contribution is 2.17. The van der Waals surface area contributed by atoms with Gasteiger partial charge in [-0.05, 0) is 45.2 Å². The highest BCUT2D eigenvalue weighted by atomic mass is 32.1. The minimum Gasteiger partial charge on any atom is -0.393 e. The number of hydrogen-bond donors (Lipinski definition) is 2. The van der Waals surface area contributed by atoms with Gasteiger partial charge in [0.2, 0.25) is 5.91 Å². The predicted molar refractivity (Wildman–Crippen MR) is 71.3 cm³/mol. The second-order valence-electron chi connectivity index (χ2n) is 4.35. The van der Waals surface area contributed by atoms with E-state index in [2.05, 4.69) is 24.4 Å². The summed E-state index contributed by atoms with van der Waals surface area (Å²) in [6, 6.07) is 4.24. The van der Waals surface area contributed by atoms with Gasteiger partial charge >= 0.3 is 0 Å². The number of rotatable bonds is 7. The van der Waals surface area contributed by atoms with E-state index in [1.54, 1.807) is 18.3 Å². The fourth-order valence-electron chi connectivity index (χ4n) is 1.55. The van der Waals surface area contributed by atoms with Crippen LogP contribution < -0.4 is 5.32 Å². The van der Waals surface area contributed by atoms with Gasteiger partial charge in [0.15, 0.2) is 0 Å². The Labute approximate surface area is 107 Å². The van der Waals surface area contributed by atoms with E-state index in [1.807, 2.05) is 0 Å². The van der Waals surface area contributed by atoms with E-state index in [0.29, 0.717) is 19.4 Å². The molecule has 0 saturated carbocycles. The number of thiophene rings is 1. The summed E-state index contributed by atoms with van der Waals surface area (Å²) in [6.45, 7) is 4.39. The van der Waals surface area contributed by atoms with Crippen molar-refractivity contribution in [2.45, 2.75) is 45.6 Å². The SMILES string of the molecule is Cc1ccc(CCCC(=O)NCCC(C)O)s1. The molecule has 1 heterocycles. The Hall–Kier alpha value is -0.870. The molecule has 1 unspecified atom stereocenters. The smallest absolute Gasteiger partial charge is 0.220 e. The largest absolute Gasteiger partial charge is 0.393 e. The van der Waals surface area contributed by atoms with Gasteiger partial charge in [-0.1, -0.05) is 0 Å². The first kappa shape index (κ1) is 14.2. The third-order valence-electron chi connectivity index (χ3n) is 2.51. The molecule has 0 fully saturated rings. The molecule has 0 aliphatic heterocycles. The highest BCUT2D eigenvalue weighted by molar-refractivity contribution is 7.11. The fourth-order valence-corrected chi connectivity index (χ4v) is 2.48. The number of aliphatic hydroxyl groups excluding tert-OH is 1. The lowest BCUT2D eigenvalue weighted by molar-refractivity contribution is -0.121. The molecule has 1 rings (SSSR count). The summed E-state index contributed by atoms with van der Waals surface area (Å²) < 4.78 is 0. The van der Waals surface area contributed by atoms with Gasteiger partial charge < -0.3 is 10.4 Å². The lowest BCUT2D eigenvalue weighted by Gasteiger charge is -2.06. The summed E-state index contributed by atoms with van der Waals surface area (Å²) in [5.74, 6) is 0.0823. The summed E-state index contributed by atoms with van der Waals surface area (Å²) in [5.41, 5.74) is 0. The van der Waals surface area contributed by atoms with E-state index in [4.69, 9.17) is 5.11 Å². The van der Waals surface area contributed by atoms with Crippen LogP contribution in [-0.4, -0.2) is 23.7 Å². The second kappa shape index (κ2) is 7.45. The van der Waals surface area contributed by atoms with Crippen molar-refractivity contribution in [3.63, 3.8) is 0 Å². The minimum absolute atomic E-state index is 0.0823. The average molecular weight is 255 g/mol. The number of nitrogens with one attached hydrogen (secondary N) is 1. The Kier molecular flexibility index (Phi) is 6.22. The normalized spacial score (nSPS) is 12.4. The van der Waals surface area contributed by atoms with Gasteiger partial charge in [0.25, 0.3) is 0 Å². The molecule has 1 aromatic heterocycles. The monoisotopic (exact) mass is 255 g/mol. The zero-order chi connectivity index (χ0) is 12.7. The van der Waals surface area contributed by atoms with Crippen LogP contribution in [0.15, 0.2) is 12.1 Å². The third-order valence-corrected chi connectivity index (χ3v) is 3.57. The molecule has 0 aromatic carbocycles. The number of aliphatic hydroxyl groups is 1. The van der Waals surface area contributed by atoms with Crippen molar-refractivity contribution in [2.24, 2.45) is 0 Å². The van der Waals surface area contributed by atoms with Crippen molar-refractivity contribution in [3.05, 3.63) is 21.9 Å². The number of carbonyl (C=O) groups is 1. The van der Waals surface area contributed by atoms with Gasteiger partial charge in [-0.2, -0.15) is 0 Å². The summed E-state index contributed by atoms with van der Waals surface area (Å²) in [5, 5.41) is 11.9. The maximum Gasteiger partial charge on any atom is 0.220 e. The van der Waals surface area contributed by atoms with E-state index in [1.165, 1.54) is 9.75 Å². The molecule has 1 aromatic rings. The number of aryl methyl sites for hydroxylation is 2. The lowest BCUT2D eigenvalue weighted by Crippen LogP contribution is -2.26. The topological polar surface area (TPSA) is 49.3 Å². The van der Waals surface area contributed by atoms with Crippen LogP contribution in [0.25, 0.3) is 0 Å². The Balaban J connectivity index is 2.08. The van der Waals surface area contributed by atoms with Gasteiger partial charge in [-0.3, -0.25) is 4.79 Å². The van der Waals surface area contributed by atoms with Crippen LogP contribution in [0.4, 0.5) is 0 Å². The average Bonchev–Trinajstić information content (AvgIpc) is 2.63. The van der Waals surface area contributed by atoms with E-state index in [9.17, 15) is 4.79 Å². The van der Waals surface area contributed by atoms with Gasteiger partial charge in [0.05, 0.1) is 6.10 Å². The molecule has 4 heteroatoms. The van der Waals surface area contributed by atoms with Crippen LogP contribution in [0.2, 0.25) is 0 Å². The standard InChI is InChI=1S/C13H21NO2S/c1-10(15)8-9-14-13(16)5-3-4-12-7-6-11(2)17-12/h6-7,10,15H,3-5,8-9H2,1-2H3,(H,14,16). The summed E-state index contributed by atoms with van der Waals surface area (Å²) in [7, 11) is 0. The van der Waals surface area contributed by atoms with Crippen LogP contribution in [0.1, 0.15) is 35.9 Å². The van der Waals surface area contributed by atoms with Crippen LogP contribution in [0.3, 0.4) is 0 Å². The maximum atomic E-state index is 11.4. The third kappa shape index (κ3) is 6.44. The zero-order valence-corrected chi connectivity index (χ0v) is 11.3. The molecule has 2 N–H and O–H groups in total. The Bertz CT molecular complexity index is 347. The van der Waals surface area contributed by atoms with E-state index < -0.39 is 0 Å². The summed E-state index contributed by atoms with van der Waals surface area (Å²) >= 11 is 1.80. The van der Waals surface area contributed by atoms with Crippen LogP contribution in [-0.2, 0) is 11.2 Å². The predicted octanol–water partition coefficient (Wildman–Crippen LogP) is 2.27. The first-order valence-corrected chi connectivity index (χ1v) is 6.89. The van der Waals surface area contributed by atoms with Gasteiger partial charge in [0, 0.05) is 22.7 Å². The summed E-state index contributed by atoms with van der Waals surface area (Å²) in [4.78, 5) is 14.1. The van der Waals surface area contributed by atoms with Crippen molar-refractivity contribution < 1.29 is 9.90 Å². The molecule has 0 saturated heterocycles. The number of amides is 1. The fraction of sp³-hybridized carbons (Fsp3) is 0.615. The molecule has 0 spiro atoms. The van der Waals surface area contributed by atoms with E-state index >= 15 is 0 Å². The molecule has 0 bridgehead atoms. The first-order valence-electron chi connectivity index (χ1n) is 6.08. The number of carbonyl (C=O) groups excluding carboxylic acids is 1. The zero-order valence-electron chi connectivity index (χ0n) is 10.5. The van der Waals surface area contributed by atoms with Crippen molar-refractivity contribution >= 4 is 17.2 Å². The maximum absolute atomic E-state index is 11.4. The molecule has 96 valence electrons. The molecule has 0 aliphatic carbocycles. The molecule has 0 radical (unpaired) electrons. The van der Waals surface area contributed by atoms with Crippen molar-refractivity contribution in [1.82, 2.24) is 5.32 Å². The number of hydrogen-bond acceptors (Lipinski definition) is 3. The van der Waals surface area contributed by atoms with Crippen molar-refractivity contribution in [1.29, 1.82) is 0 Å².